The largest absolute Gasteiger partial charge is 0.373 e. The molecule has 21 heavy (non-hydrogen) atoms. The van der Waals surface area contributed by atoms with Crippen LogP contribution in [0.25, 0.3) is 0 Å². The highest BCUT2D eigenvalue weighted by Crippen LogP contribution is 2.21. The van der Waals surface area contributed by atoms with Crippen LogP contribution in [0.15, 0.2) is 0 Å². The van der Waals surface area contributed by atoms with Crippen molar-refractivity contribution >= 4 is 5.91 Å². The highest BCUT2D eigenvalue weighted by atomic mass is 16.5. The van der Waals surface area contributed by atoms with Crippen LogP contribution in [-0.4, -0.2) is 66.2 Å². The molecule has 2 fully saturated rings. The molecule has 2 N–H and O–H groups in total. The van der Waals surface area contributed by atoms with Gasteiger partial charge in [0.1, 0.15) is 0 Å². The summed E-state index contributed by atoms with van der Waals surface area (Å²) < 4.78 is 5.78. The van der Waals surface area contributed by atoms with Crippen molar-refractivity contribution in [1.82, 2.24) is 9.80 Å². The maximum atomic E-state index is 12.5. The minimum absolute atomic E-state index is 0.147. The van der Waals surface area contributed by atoms with E-state index in [1.54, 1.807) is 0 Å². The smallest absolute Gasteiger partial charge is 0.239 e. The Morgan fingerprint density at radius 1 is 1.33 bits per heavy atom. The monoisotopic (exact) mass is 297 g/mol. The van der Waals surface area contributed by atoms with Gasteiger partial charge in [-0.25, -0.2) is 0 Å². The molecular formula is C16H31N3O2. The number of hydrogen-bond donors (Lipinski definition) is 1. The molecule has 2 rings (SSSR count). The average Bonchev–Trinajstić information content (AvgIpc) is 2.85. The lowest BCUT2D eigenvalue weighted by Gasteiger charge is -2.38. The van der Waals surface area contributed by atoms with Gasteiger partial charge in [0.05, 0.1) is 18.2 Å². The summed E-state index contributed by atoms with van der Waals surface area (Å²) in [6.45, 7) is 10.1. The third-order valence-corrected chi connectivity index (χ3v) is 4.54. The summed E-state index contributed by atoms with van der Waals surface area (Å²) in [6, 6.07) is 0.0102. The predicted molar refractivity (Wildman–Crippen MR) is 84.1 cm³/mol. The topological polar surface area (TPSA) is 58.8 Å². The van der Waals surface area contributed by atoms with E-state index in [2.05, 4.69) is 25.7 Å². The first-order valence-electron chi connectivity index (χ1n) is 8.45. The number of likely N-dealkylation sites (tertiary alicyclic amines) is 1. The number of ether oxygens (including phenoxy) is 1. The van der Waals surface area contributed by atoms with Crippen LogP contribution in [0, 0.1) is 0 Å². The summed E-state index contributed by atoms with van der Waals surface area (Å²) in [6.07, 6.45) is 4.51. The second-order valence-electron chi connectivity index (χ2n) is 6.70. The minimum Gasteiger partial charge on any atom is -0.373 e. The maximum absolute atomic E-state index is 12.5. The van der Waals surface area contributed by atoms with Crippen LogP contribution in [0.3, 0.4) is 0 Å². The Labute approximate surface area is 128 Å². The van der Waals surface area contributed by atoms with E-state index in [1.165, 1.54) is 0 Å². The van der Waals surface area contributed by atoms with E-state index in [0.717, 1.165) is 51.9 Å². The summed E-state index contributed by atoms with van der Waals surface area (Å²) in [7, 11) is 0. The molecule has 0 saturated carbocycles. The van der Waals surface area contributed by atoms with Crippen molar-refractivity contribution in [2.24, 2.45) is 5.73 Å². The molecule has 122 valence electrons. The van der Waals surface area contributed by atoms with Gasteiger partial charge in [0, 0.05) is 32.2 Å². The van der Waals surface area contributed by atoms with Crippen LogP contribution in [0.2, 0.25) is 0 Å². The van der Waals surface area contributed by atoms with Gasteiger partial charge in [-0.3, -0.25) is 9.69 Å². The van der Waals surface area contributed by atoms with Crippen molar-refractivity contribution in [2.45, 2.75) is 70.7 Å². The lowest BCUT2D eigenvalue weighted by molar-refractivity contribution is -0.134. The van der Waals surface area contributed by atoms with Crippen LogP contribution >= 0.6 is 0 Å². The summed E-state index contributed by atoms with van der Waals surface area (Å²) in [4.78, 5) is 17.0. The fourth-order valence-electron chi connectivity index (χ4n) is 3.69. The molecule has 0 unspecified atom stereocenters. The molecule has 0 bridgehead atoms. The maximum Gasteiger partial charge on any atom is 0.239 e. The van der Waals surface area contributed by atoms with Gasteiger partial charge in [0.2, 0.25) is 5.91 Å². The van der Waals surface area contributed by atoms with Gasteiger partial charge in [0.25, 0.3) is 0 Å². The van der Waals surface area contributed by atoms with Gasteiger partial charge < -0.3 is 15.4 Å². The Morgan fingerprint density at radius 3 is 2.62 bits per heavy atom. The fraction of sp³-hybridized carbons (Fsp3) is 0.938. The molecule has 2 heterocycles. The molecule has 0 aromatic rings. The quantitative estimate of drug-likeness (QED) is 0.829. The second-order valence-corrected chi connectivity index (χ2v) is 6.70. The molecular weight excluding hydrogens is 266 g/mol. The van der Waals surface area contributed by atoms with E-state index in [1.807, 2.05) is 4.90 Å². The van der Waals surface area contributed by atoms with Crippen molar-refractivity contribution in [1.29, 1.82) is 0 Å². The van der Waals surface area contributed by atoms with Gasteiger partial charge in [-0.2, -0.15) is 0 Å². The first kappa shape index (κ1) is 16.7. The third kappa shape index (κ3) is 4.41. The number of nitrogens with zero attached hydrogens (tertiary/aromatic N) is 2. The lowest BCUT2D eigenvalue weighted by Crippen LogP contribution is -2.53. The average molecular weight is 297 g/mol. The van der Waals surface area contributed by atoms with E-state index in [4.69, 9.17) is 10.5 Å². The van der Waals surface area contributed by atoms with Gasteiger partial charge in [-0.15, -0.1) is 0 Å². The Hall–Kier alpha value is -0.650. The Kier molecular flexibility index (Phi) is 6.02. The molecule has 2 saturated heterocycles. The summed E-state index contributed by atoms with van der Waals surface area (Å²) >= 11 is 0. The number of carbonyl (C=O) groups is 1. The zero-order chi connectivity index (χ0) is 15.4. The summed E-state index contributed by atoms with van der Waals surface area (Å²) in [5, 5.41) is 0. The Balaban J connectivity index is 1.91. The van der Waals surface area contributed by atoms with E-state index in [0.29, 0.717) is 6.04 Å². The van der Waals surface area contributed by atoms with Crippen molar-refractivity contribution in [3.8, 4) is 0 Å². The van der Waals surface area contributed by atoms with Crippen LogP contribution in [0.5, 0.6) is 0 Å². The van der Waals surface area contributed by atoms with Crippen LogP contribution in [-0.2, 0) is 9.53 Å². The van der Waals surface area contributed by atoms with Crippen molar-refractivity contribution < 1.29 is 9.53 Å². The van der Waals surface area contributed by atoms with Crippen LogP contribution < -0.4 is 5.73 Å². The molecule has 5 heteroatoms. The Bertz CT molecular complexity index is 340. The molecule has 0 aromatic carbocycles. The SMILES string of the molecule is CCC[C@H](N)C(=O)N1CCC[C@@H]1CN1C[C@@H](C)O[C@H](C)C1. The van der Waals surface area contributed by atoms with Gasteiger partial charge in [0.15, 0.2) is 0 Å². The van der Waals surface area contributed by atoms with Crippen molar-refractivity contribution in [3.05, 3.63) is 0 Å². The number of amides is 1. The molecule has 4 atom stereocenters. The number of morpholine rings is 1. The molecule has 0 spiro atoms. The number of carbonyl (C=O) groups excluding carboxylic acids is 1. The predicted octanol–water partition coefficient (Wildman–Crippen LogP) is 1.21. The van der Waals surface area contributed by atoms with Gasteiger partial charge >= 0.3 is 0 Å². The zero-order valence-electron chi connectivity index (χ0n) is 13.8. The molecule has 0 radical (unpaired) electrons. The van der Waals surface area contributed by atoms with Crippen molar-refractivity contribution in [2.75, 3.05) is 26.2 Å². The highest BCUT2D eigenvalue weighted by molar-refractivity contribution is 5.82. The van der Waals surface area contributed by atoms with E-state index in [9.17, 15) is 4.79 Å². The lowest BCUT2D eigenvalue weighted by atomic mass is 10.1. The van der Waals surface area contributed by atoms with E-state index < -0.39 is 0 Å². The fourth-order valence-corrected chi connectivity index (χ4v) is 3.69. The Morgan fingerprint density at radius 2 is 2.00 bits per heavy atom. The molecule has 5 nitrogen and oxygen atoms in total. The first-order chi connectivity index (χ1) is 10.0. The van der Waals surface area contributed by atoms with Crippen LogP contribution in [0.4, 0.5) is 0 Å². The molecule has 0 aliphatic carbocycles. The summed E-state index contributed by atoms with van der Waals surface area (Å²) in [5.41, 5.74) is 6.02. The third-order valence-electron chi connectivity index (χ3n) is 4.54. The molecule has 0 aromatic heterocycles. The second kappa shape index (κ2) is 7.56. The number of nitrogens with two attached hydrogens (primary N) is 1. The van der Waals surface area contributed by atoms with E-state index >= 15 is 0 Å². The first-order valence-corrected chi connectivity index (χ1v) is 8.45. The van der Waals surface area contributed by atoms with E-state index in [-0.39, 0.29) is 24.2 Å². The normalized spacial score (nSPS) is 32.4. The standard InChI is InChI=1S/C16H31N3O2/c1-4-6-15(17)16(20)19-8-5-7-14(19)11-18-9-12(2)21-13(3)10-18/h12-15H,4-11,17H2,1-3H3/t12-,13-,14-,15+/m1/s1. The highest BCUT2D eigenvalue weighted by Gasteiger charge is 2.33. The van der Waals surface area contributed by atoms with Gasteiger partial charge in [-0.1, -0.05) is 13.3 Å². The number of rotatable bonds is 5. The molecule has 2 aliphatic heterocycles. The zero-order valence-corrected chi connectivity index (χ0v) is 13.8. The summed E-state index contributed by atoms with van der Waals surface area (Å²) in [5.74, 6) is 0.147. The van der Waals surface area contributed by atoms with Crippen LogP contribution in [0.1, 0.15) is 46.5 Å². The van der Waals surface area contributed by atoms with Gasteiger partial charge in [-0.05, 0) is 33.1 Å². The number of hydrogen-bond acceptors (Lipinski definition) is 4. The molecule has 1 amide bonds. The minimum atomic E-state index is -0.321. The van der Waals surface area contributed by atoms with Crippen molar-refractivity contribution in [3.63, 3.8) is 0 Å². The molecule has 2 aliphatic rings.